The Hall–Kier alpha value is -1.02. The van der Waals surface area contributed by atoms with Crippen LogP contribution in [0.3, 0.4) is 0 Å². The lowest BCUT2D eigenvalue weighted by Gasteiger charge is -2.28. The largest absolute Gasteiger partial charge is 0.381 e. The fourth-order valence-electron chi connectivity index (χ4n) is 3.09. The van der Waals surface area contributed by atoms with Crippen molar-refractivity contribution in [1.82, 2.24) is 5.32 Å². The molecule has 1 unspecified atom stereocenters. The SMILES string of the molecule is c1ccc2c(c1)CCC(CNC1CCCC1)N2. The van der Waals surface area contributed by atoms with Crippen LogP contribution in [-0.2, 0) is 6.42 Å². The second-order valence-corrected chi connectivity index (χ2v) is 5.43. The van der Waals surface area contributed by atoms with E-state index in [1.54, 1.807) is 0 Å². The predicted octanol–water partition coefficient (Wildman–Crippen LogP) is 2.95. The van der Waals surface area contributed by atoms with Crippen LogP contribution < -0.4 is 10.6 Å². The Morgan fingerprint density at radius 2 is 1.94 bits per heavy atom. The number of para-hydroxylation sites is 1. The molecule has 0 saturated heterocycles. The molecule has 2 nitrogen and oxygen atoms in total. The van der Waals surface area contributed by atoms with Gasteiger partial charge in [0.25, 0.3) is 0 Å². The van der Waals surface area contributed by atoms with E-state index in [0.717, 1.165) is 12.6 Å². The summed E-state index contributed by atoms with van der Waals surface area (Å²) in [6.45, 7) is 1.12. The molecule has 1 aromatic rings. The Kier molecular flexibility index (Phi) is 3.32. The molecule has 2 aliphatic rings. The van der Waals surface area contributed by atoms with Gasteiger partial charge in [-0.15, -0.1) is 0 Å². The molecule has 0 amide bonds. The van der Waals surface area contributed by atoms with Gasteiger partial charge in [-0.05, 0) is 37.3 Å². The maximum atomic E-state index is 3.72. The monoisotopic (exact) mass is 230 g/mol. The Morgan fingerprint density at radius 3 is 2.82 bits per heavy atom. The lowest BCUT2D eigenvalue weighted by Crippen LogP contribution is -2.39. The van der Waals surface area contributed by atoms with Gasteiger partial charge in [-0.3, -0.25) is 0 Å². The van der Waals surface area contributed by atoms with Gasteiger partial charge in [0.2, 0.25) is 0 Å². The molecule has 1 heterocycles. The summed E-state index contributed by atoms with van der Waals surface area (Å²) in [5.41, 5.74) is 2.82. The second-order valence-electron chi connectivity index (χ2n) is 5.43. The first-order valence-corrected chi connectivity index (χ1v) is 6.99. The quantitative estimate of drug-likeness (QED) is 0.834. The third-order valence-electron chi connectivity index (χ3n) is 4.15. The number of rotatable bonds is 3. The van der Waals surface area contributed by atoms with Crippen LogP contribution in [0.1, 0.15) is 37.7 Å². The van der Waals surface area contributed by atoms with Gasteiger partial charge >= 0.3 is 0 Å². The lowest BCUT2D eigenvalue weighted by atomic mass is 9.98. The summed E-state index contributed by atoms with van der Waals surface area (Å²) in [4.78, 5) is 0. The number of nitrogens with one attached hydrogen (secondary N) is 2. The molecule has 1 aliphatic carbocycles. The summed E-state index contributed by atoms with van der Waals surface area (Å²) in [5.74, 6) is 0. The molecule has 1 aliphatic heterocycles. The summed E-state index contributed by atoms with van der Waals surface area (Å²) in [6, 6.07) is 10.1. The van der Waals surface area contributed by atoms with Crippen LogP contribution in [0.15, 0.2) is 24.3 Å². The predicted molar refractivity (Wildman–Crippen MR) is 72.4 cm³/mol. The molecule has 3 rings (SSSR count). The van der Waals surface area contributed by atoms with E-state index >= 15 is 0 Å². The third kappa shape index (κ3) is 2.63. The van der Waals surface area contributed by atoms with E-state index in [1.165, 1.54) is 49.8 Å². The van der Waals surface area contributed by atoms with Crippen LogP contribution >= 0.6 is 0 Å². The first-order chi connectivity index (χ1) is 8.42. The van der Waals surface area contributed by atoms with Gasteiger partial charge in [-0.25, -0.2) is 0 Å². The molecular weight excluding hydrogens is 208 g/mol. The number of benzene rings is 1. The van der Waals surface area contributed by atoms with Crippen molar-refractivity contribution in [1.29, 1.82) is 0 Å². The zero-order valence-corrected chi connectivity index (χ0v) is 10.4. The molecule has 1 atom stereocenters. The summed E-state index contributed by atoms with van der Waals surface area (Å²) < 4.78 is 0. The van der Waals surface area contributed by atoms with Gasteiger partial charge in [-0.2, -0.15) is 0 Å². The molecule has 0 bridgehead atoms. The van der Waals surface area contributed by atoms with E-state index < -0.39 is 0 Å². The molecule has 1 saturated carbocycles. The zero-order valence-electron chi connectivity index (χ0n) is 10.4. The van der Waals surface area contributed by atoms with Crippen molar-refractivity contribution in [2.45, 2.75) is 50.6 Å². The van der Waals surface area contributed by atoms with Gasteiger partial charge in [0.1, 0.15) is 0 Å². The van der Waals surface area contributed by atoms with E-state index in [1.807, 2.05) is 0 Å². The average Bonchev–Trinajstić information content (AvgIpc) is 2.89. The molecule has 2 heteroatoms. The highest BCUT2D eigenvalue weighted by atomic mass is 15.0. The topological polar surface area (TPSA) is 24.1 Å². The standard InChI is InChI=1S/C15H22N2/c1-4-8-15-12(5-1)9-10-14(17-15)11-16-13-6-2-3-7-13/h1,4-5,8,13-14,16-17H,2-3,6-7,9-11H2. The molecular formula is C15H22N2. The van der Waals surface area contributed by atoms with Gasteiger partial charge in [0.05, 0.1) is 0 Å². The van der Waals surface area contributed by atoms with Crippen LogP contribution in [0, 0.1) is 0 Å². The lowest BCUT2D eigenvalue weighted by molar-refractivity contribution is 0.480. The van der Waals surface area contributed by atoms with Crippen molar-refractivity contribution in [3.05, 3.63) is 29.8 Å². The Labute approximate surface area is 104 Å². The van der Waals surface area contributed by atoms with Crippen LogP contribution in [-0.4, -0.2) is 18.6 Å². The highest BCUT2D eigenvalue weighted by molar-refractivity contribution is 5.53. The molecule has 1 aromatic carbocycles. The number of aryl methyl sites for hydroxylation is 1. The minimum absolute atomic E-state index is 0.616. The first-order valence-electron chi connectivity index (χ1n) is 6.99. The minimum Gasteiger partial charge on any atom is -0.381 e. The molecule has 2 N–H and O–H groups in total. The average molecular weight is 230 g/mol. The second kappa shape index (κ2) is 5.09. The van der Waals surface area contributed by atoms with Gasteiger partial charge in [-0.1, -0.05) is 31.0 Å². The van der Waals surface area contributed by atoms with Crippen LogP contribution in [0.5, 0.6) is 0 Å². The molecule has 1 fully saturated rings. The van der Waals surface area contributed by atoms with E-state index in [0.29, 0.717) is 6.04 Å². The maximum absolute atomic E-state index is 3.72. The highest BCUT2D eigenvalue weighted by Gasteiger charge is 2.19. The van der Waals surface area contributed by atoms with Gasteiger partial charge in [0, 0.05) is 24.3 Å². The van der Waals surface area contributed by atoms with E-state index in [-0.39, 0.29) is 0 Å². The third-order valence-corrected chi connectivity index (χ3v) is 4.15. The molecule has 0 aromatic heterocycles. The van der Waals surface area contributed by atoms with Crippen molar-refractivity contribution in [2.75, 3.05) is 11.9 Å². The highest BCUT2D eigenvalue weighted by Crippen LogP contribution is 2.24. The Bertz CT molecular complexity index is 369. The summed E-state index contributed by atoms with van der Waals surface area (Å²) in [6.07, 6.45) is 8.07. The fourth-order valence-corrected chi connectivity index (χ4v) is 3.09. The molecule has 0 spiro atoms. The minimum atomic E-state index is 0.616. The first kappa shape index (κ1) is 11.1. The van der Waals surface area contributed by atoms with Crippen molar-refractivity contribution in [3.63, 3.8) is 0 Å². The Balaban J connectivity index is 1.53. The smallest absolute Gasteiger partial charge is 0.0389 e. The van der Waals surface area contributed by atoms with Crippen molar-refractivity contribution < 1.29 is 0 Å². The van der Waals surface area contributed by atoms with Crippen molar-refractivity contribution in [2.24, 2.45) is 0 Å². The summed E-state index contributed by atoms with van der Waals surface area (Å²) in [5, 5.41) is 7.38. The number of hydrogen-bond donors (Lipinski definition) is 2. The van der Waals surface area contributed by atoms with Crippen LogP contribution in [0.25, 0.3) is 0 Å². The molecule has 17 heavy (non-hydrogen) atoms. The van der Waals surface area contributed by atoms with Crippen LogP contribution in [0.2, 0.25) is 0 Å². The van der Waals surface area contributed by atoms with E-state index in [2.05, 4.69) is 34.9 Å². The Morgan fingerprint density at radius 1 is 1.12 bits per heavy atom. The number of anilines is 1. The zero-order chi connectivity index (χ0) is 11.5. The van der Waals surface area contributed by atoms with Crippen molar-refractivity contribution in [3.8, 4) is 0 Å². The van der Waals surface area contributed by atoms with E-state index in [4.69, 9.17) is 0 Å². The molecule has 0 radical (unpaired) electrons. The number of hydrogen-bond acceptors (Lipinski definition) is 2. The maximum Gasteiger partial charge on any atom is 0.0389 e. The molecule has 92 valence electrons. The fraction of sp³-hybridized carbons (Fsp3) is 0.600. The number of fused-ring (bicyclic) bond motifs is 1. The van der Waals surface area contributed by atoms with Gasteiger partial charge in [0.15, 0.2) is 0 Å². The summed E-state index contributed by atoms with van der Waals surface area (Å²) >= 11 is 0. The van der Waals surface area contributed by atoms with Crippen molar-refractivity contribution >= 4 is 5.69 Å². The summed E-state index contributed by atoms with van der Waals surface area (Å²) in [7, 11) is 0. The normalized spacial score (nSPS) is 24.4. The van der Waals surface area contributed by atoms with Gasteiger partial charge < -0.3 is 10.6 Å². The van der Waals surface area contributed by atoms with Crippen LogP contribution in [0.4, 0.5) is 5.69 Å². The van der Waals surface area contributed by atoms with E-state index in [9.17, 15) is 0 Å².